The van der Waals surface area contributed by atoms with Crippen molar-refractivity contribution in [2.45, 2.75) is 13.3 Å². The summed E-state index contributed by atoms with van der Waals surface area (Å²) in [6.45, 7) is 11.4. The number of hydrogen-bond donors (Lipinski definition) is 0. The molecule has 0 N–H and O–H groups in total. The van der Waals surface area contributed by atoms with E-state index in [9.17, 15) is 0 Å². The van der Waals surface area contributed by atoms with Crippen LogP contribution in [0.2, 0.25) is 0 Å². The minimum atomic E-state index is 1.09. The second-order valence-electron chi connectivity index (χ2n) is 4.28. The first-order chi connectivity index (χ1) is 7.76. The van der Waals surface area contributed by atoms with Crippen molar-refractivity contribution in [2.75, 3.05) is 39.8 Å². The van der Waals surface area contributed by atoms with Gasteiger partial charge in [-0.05, 0) is 26.3 Å². The van der Waals surface area contributed by atoms with Crippen LogP contribution in [-0.2, 0) is 0 Å². The summed E-state index contributed by atoms with van der Waals surface area (Å²) in [7, 11) is 2.19. The zero-order valence-electron chi connectivity index (χ0n) is 10.5. The maximum atomic E-state index is 3.70. The normalized spacial score (nSPS) is 20.5. The van der Waals surface area contributed by atoms with Gasteiger partial charge in [0.05, 0.1) is 0 Å². The Bertz CT molecular complexity index is 260. The summed E-state index contributed by atoms with van der Waals surface area (Å²) in [5.74, 6) is 0. The van der Waals surface area contributed by atoms with E-state index in [0.29, 0.717) is 0 Å². The van der Waals surface area contributed by atoms with Crippen molar-refractivity contribution in [3.05, 3.63) is 23.9 Å². The first kappa shape index (κ1) is 13.1. The van der Waals surface area contributed by atoms with Crippen LogP contribution in [0.15, 0.2) is 28.9 Å². The number of aliphatic imine (C=N–C) groups is 1. The van der Waals surface area contributed by atoms with E-state index in [4.69, 9.17) is 0 Å². The second-order valence-corrected chi connectivity index (χ2v) is 4.28. The highest BCUT2D eigenvalue weighted by molar-refractivity contribution is 5.26. The molecule has 1 fully saturated rings. The first-order valence-corrected chi connectivity index (χ1v) is 5.97. The molecule has 90 valence electrons. The lowest BCUT2D eigenvalue weighted by molar-refractivity contribution is 0.163. The standard InChI is InChI=1S/C13H23N3/c1-4-13(6-5-7-14-2)12-16-10-8-15(3)9-11-16/h5-7H,2,4,8-12H2,1,3H3/b7-5-,13-6+. The van der Waals surface area contributed by atoms with Crippen molar-refractivity contribution in [2.24, 2.45) is 4.99 Å². The molecule has 0 saturated carbocycles. The van der Waals surface area contributed by atoms with Gasteiger partial charge in [0.15, 0.2) is 0 Å². The summed E-state index contributed by atoms with van der Waals surface area (Å²) in [4.78, 5) is 8.60. The number of rotatable bonds is 5. The van der Waals surface area contributed by atoms with Crippen LogP contribution in [0.25, 0.3) is 0 Å². The number of allylic oxidation sites excluding steroid dienone is 2. The van der Waals surface area contributed by atoms with Crippen LogP contribution >= 0.6 is 0 Å². The van der Waals surface area contributed by atoms with Gasteiger partial charge in [-0.2, -0.15) is 0 Å². The predicted molar refractivity (Wildman–Crippen MR) is 71.0 cm³/mol. The van der Waals surface area contributed by atoms with E-state index in [0.717, 1.165) is 13.0 Å². The Morgan fingerprint density at radius 1 is 1.31 bits per heavy atom. The van der Waals surface area contributed by atoms with Crippen molar-refractivity contribution in [1.82, 2.24) is 9.80 Å². The van der Waals surface area contributed by atoms with Gasteiger partial charge in [0.25, 0.3) is 0 Å². The van der Waals surface area contributed by atoms with Gasteiger partial charge in [0.2, 0.25) is 0 Å². The van der Waals surface area contributed by atoms with Gasteiger partial charge in [-0.1, -0.05) is 18.6 Å². The summed E-state index contributed by atoms with van der Waals surface area (Å²) in [6, 6.07) is 0. The molecule has 0 unspecified atom stereocenters. The molecule has 0 aliphatic carbocycles. The highest BCUT2D eigenvalue weighted by Gasteiger charge is 2.13. The summed E-state index contributed by atoms with van der Waals surface area (Å²) in [5, 5.41) is 0. The summed E-state index contributed by atoms with van der Waals surface area (Å²) in [6.07, 6.45) is 6.97. The van der Waals surface area contributed by atoms with Crippen LogP contribution in [-0.4, -0.2) is 56.3 Å². The Kier molecular flexibility index (Phi) is 6.04. The van der Waals surface area contributed by atoms with Crippen LogP contribution in [0, 0.1) is 0 Å². The molecule has 16 heavy (non-hydrogen) atoms. The number of nitrogens with zero attached hydrogens (tertiary/aromatic N) is 3. The molecule has 0 aromatic carbocycles. The van der Waals surface area contributed by atoms with Gasteiger partial charge in [0, 0.05) is 38.9 Å². The molecule has 0 amide bonds. The maximum Gasteiger partial charge on any atom is 0.0260 e. The van der Waals surface area contributed by atoms with E-state index in [1.54, 1.807) is 6.20 Å². The minimum Gasteiger partial charge on any atom is -0.304 e. The molecule has 0 radical (unpaired) electrons. The zero-order valence-corrected chi connectivity index (χ0v) is 10.5. The fraction of sp³-hybridized carbons (Fsp3) is 0.615. The average molecular weight is 221 g/mol. The summed E-state index contributed by atoms with van der Waals surface area (Å²) in [5.41, 5.74) is 1.46. The van der Waals surface area contributed by atoms with Crippen LogP contribution in [0.4, 0.5) is 0 Å². The molecule has 0 spiro atoms. The smallest absolute Gasteiger partial charge is 0.0260 e. The number of likely N-dealkylation sites (N-methyl/N-ethyl adjacent to an activating group) is 1. The highest BCUT2D eigenvalue weighted by atomic mass is 15.2. The SMILES string of the molecule is C=N/C=C\C=C(/CC)CN1CCN(C)CC1. The molecule has 0 bridgehead atoms. The van der Waals surface area contributed by atoms with Gasteiger partial charge in [-0.3, -0.25) is 9.89 Å². The van der Waals surface area contributed by atoms with Crippen LogP contribution < -0.4 is 0 Å². The predicted octanol–water partition coefficient (Wildman–Crippen LogP) is 1.78. The zero-order chi connectivity index (χ0) is 11.8. The van der Waals surface area contributed by atoms with Gasteiger partial charge < -0.3 is 4.90 Å². The third kappa shape index (κ3) is 4.73. The minimum absolute atomic E-state index is 1.09. The molecular weight excluding hydrogens is 198 g/mol. The third-order valence-electron chi connectivity index (χ3n) is 3.00. The van der Waals surface area contributed by atoms with E-state index >= 15 is 0 Å². The molecule has 1 rings (SSSR count). The van der Waals surface area contributed by atoms with Crippen LogP contribution in [0.5, 0.6) is 0 Å². The fourth-order valence-electron chi connectivity index (χ4n) is 1.82. The lowest BCUT2D eigenvalue weighted by Crippen LogP contribution is -2.44. The van der Waals surface area contributed by atoms with Crippen molar-refractivity contribution >= 4 is 6.72 Å². The Morgan fingerprint density at radius 3 is 2.56 bits per heavy atom. The Labute approximate surface area is 99.1 Å². The molecule has 1 heterocycles. The molecule has 3 nitrogen and oxygen atoms in total. The molecule has 1 saturated heterocycles. The van der Waals surface area contributed by atoms with Crippen molar-refractivity contribution in [1.29, 1.82) is 0 Å². The van der Waals surface area contributed by atoms with E-state index in [-0.39, 0.29) is 0 Å². The maximum absolute atomic E-state index is 3.70. The number of piperazine rings is 1. The molecule has 1 aliphatic rings. The first-order valence-electron chi connectivity index (χ1n) is 5.97. The summed E-state index contributed by atoms with van der Waals surface area (Å²) >= 11 is 0. The van der Waals surface area contributed by atoms with Gasteiger partial charge in [-0.25, -0.2) is 0 Å². The number of hydrogen-bond acceptors (Lipinski definition) is 3. The Morgan fingerprint density at radius 2 is 2.00 bits per heavy atom. The average Bonchev–Trinajstić information content (AvgIpc) is 2.31. The largest absolute Gasteiger partial charge is 0.304 e. The molecule has 0 aromatic heterocycles. The van der Waals surface area contributed by atoms with Gasteiger partial charge >= 0.3 is 0 Å². The quantitative estimate of drug-likeness (QED) is 0.520. The van der Waals surface area contributed by atoms with Gasteiger partial charge in [0.1, 0.15) is 0 Å². The monoisotopic (exact) mass is 221 g/mol. The van der Waals surface area contributed by atoms with E-state index < -0.39 is 0 Å². The third-order valence-corrected chi connectivity index (χ3v) is 3.00. The molecule has 3 heteroatoms. The van der Waals surface area contributed by atoms with Crippen molar-refractivity contribution in [3.8, 4) is 0 Å². The van der Waals surface area contributed by atoms with E-state index in [1.165, 1.54) is 31.8 Å². The fourth-order valence-corrected chi connectivity index (χ4v) is 1.82. The van der Waals surface area contributed by atoms with Crippen LogP contribution in [0.3, 0.4) is 0 Å². The topological polar surface area (TPSA) is 18.8 Å². The van der Waals surface area contributed by atoms with E-state index in [1.807, 2.05) is 6.08 Å². The molecule has 0 atom stereocenters. The van der Waals surface area contributed by atoms with Crippen LogP contribution in [0.1, 0.15) is 13.3 Å². The lowest BCUT2D eigenvalue weighted by Gasteiger charge is -2.32. The molecule has 0 aromatic rings. The summed E-state index contributed by atoms with van der Waals surface area (Å²) < 4.78 is 0. The van der Waals surface area contributed by atoms with Gasteiger partial charge in [-0.15, -0.1) is 0 Å². The Hall–Kier alpha value is -0.930. The van der Waals surface area contributed by atoms with Crippen molar-refractivity contribution in [3.63, 3.8) is 0 Å². The highest BCUT2D eigenvalue weighted by Crippen LogP contribution is 2.07. The van der Waals surface area contributed by atoms with Crippen molar-refractivity contribution < 1.29 is 0 Å². The lowest BCUT2D eigenvalue weighted by atomic mass is 10.1. The molecule has 1 aliphatic heterocycles. The van der Waals surface area contributed by atoms with E-state index in [2.05, 4.69) is 41.6 Å². The second kappa shape index (κ2) is 7.36. The molecular formula is C13H23N3. The Balaban J connectivity index is 2.40.